The van der Waals surface area contributed by atoms with Gasteiger partial charge >= 0.3 is 0 Å². The first-order valence-corrected chi connectivity index (χ1v) is 8.10. The number of phenolic OH excluding ortho intramolecular Hbond substituents is 1. The number of nitrogens with zero attached hydrogens (tertiary/aromatic N) is 2. The van der Waals surface area contributed by atoms with Crippen molar-refractivity contribution in [1.82, 2.24) is 15.1 Å². The van der Waals surface area contributed by atoms with Gasteiger partial charge < -0.3 is 20.2 Å². The number of hydrogen-bond donors (Lipinski definition) is 2. The summed E-state index contributed by atoms with van der Waals surface area (Å²) in [4.78, 5) is 16.3. The van der Waals surface area contributed by atoms with E-state index in [-0.39, 0.29) is 11.8 Å². The summed E-state index contributed by atoms with van der Waals surface area (Å²) >= 11 is 0. The lowest BCUT2D eigenvalue weighted by Gasteiger charge is -2.22. The summed E-state index contributed by atoms with van der Waals surface area (Å²) in [5.74, 6) is -0.133. The van der Waals surface area contributed by atoms with Gasteiger partial charge in [-0.25, -0.2) is 4.39 Å². The molecular formula is C17H26FN3O2. The van der Waals surface area contributed by atoms with Gasteiger partial charge in [-0.3, -0.25) is 4.79 Å². The molecule has 2 atom stereocenters. The molecular weight excluding hydrogens is 297 g/mol. The number of carbonyl (C=O) groups is 1. The summed E-state index contributed by atoms with van der Waals surface area (Å²) in [5, 5.41) is 11.8. The summed E-state index contributed by atoms with van der Waals surface area (Å²) in [5.41, 5.74) is 0. The predicted molar refractivity (Wildman–Crippen MR) is 87.8 cm³/mol. The summed E-state index contributed by atoms with van der Waals surface area (Å²) in [7, 11) is 4.18. The minimum Gasteiger partial charge on any atom is -0.508 e. The van der Waals surface area contributed by atoms with Crippen LogP contribution < -0.4 is 5.32 Å². The Bertz CT molecular complexity index is 501. The van der Waals surface area contributed by atoms with Crippen LogP contribution in [0.5, 0.6) is 5.75 Å². The Morgan fingerprint density at radius 2 is 2.17 bits per heavy atom. The van der Waals surface area contributed by atoms with Crippen molar-refractivity contribution >= 4 is 5.91 Å². The Morgan fingerprint density at radius 3 is 2.65 bits per heavy atom. The first kappa shape index (κ1) is 17.7. The topological polar surface area (TPSA) is 55.8 Å². The Morgan fingerprint density at radius 1 is 1.39 bits per heavy atom. The second-order valence-electron chi connectivity index (χ2n) is 6.32. The Kier molecular flexibility index (Phi) is 6.36. The average Bonchev–Trinajstić information content (AvgIpc) is 3.19. The lowest BCUT2D eigenvalue weighted by molar-refractivity contribution is -0.132. The molecule has 1 aromatic rings. The molecule has 5 nitrogen and oxygen atoms in total. The highest BCUT2D eigenvalue weighted by Crippen LogP contribution is 2.16. The molecule has 2 heterocycles. The summed E-state index contributed by atoms with van der Waals surface area (Å²) in [6.07, 6.45) is 3.27. The number of phenols is 1. The highest BCUT2D eigenvalue weighted by atomic mass is 19.1. The molecule has 1 amide bonds. The molecule has 0 bridgehead atoms. The molecule has 0 aromatic heterocycles. The monoisotopic (exact) mass is 323 g/mol. The van der Waals surface area contributed by atoms with E-state index >= 15 is 0 Å². The zero-order valence-electron chi connectivity index (χ0n) is 13.8. The number of amides is 1. The third-order valence-corrected chi connectivity index (χ3v) is 4.37. The smallest absolute Gasteiger partial charge is 0.239 e. The van der Waals surface area contributed by atoms with Crippen LogP contribution in [0.25, 0.3) is 0 Å². The molecule has 128 valence electrons. The van der Waals surface area contributed by atoms with Gasteiger partial charge in [-0.1, -0.05) is 6.07 Å². The van der Waals surface area contributed by atoms with Crippen LogP contribution in [0.2, 0.25) is 0 Å². The number of halogens is 1. The fourth-order valence-corrected chi connectivity index (χ4v) is 2.96. The maximum atomic E-state index is 12.1. The van der Waals surface area contributed by atoms with Crippen molar-refractivity contribution in [1.29, 1.82) is 0 Å². The van der Waals surface area contributed by atoms with Gasteiger partial charge in [0.05, 0.1) is 6.04 Å². The van der Waals surface area contributed by atoms with Crippen LogP contribution in [0.15, 0.2) is 24.3 Å². The highest BCUT2D eigenvalue weighted by molar-refractivity contribution is 5.82. The maximum absolute atomic E-state index is 12.1. The van der Waals surface area contributed by atoms with Crippen molar-refractivity contribution in [3.8, 4) is 5.75 Å². The Labute approximate surface area is 137 Å². The number of aromatic hydroxyl groups is 1. The van der Waals surface area contributed by atoms with Crippen molar-refractivity contribution in [2.75, 3.05) is 33.7 Å². The SMILES string of the molecule is CN(C)[C@H]1CCN(C(=O)[C@H]2CCCN2)C1.Oc1cccc(F)c1. The number of nitrogens with one attached hydrogen (secondary N) is 1. The lowest BCUT2D eigenvalue weighted by atomic mass is 10.2. The van der Waals surface area contributed by atoms with Crippen LogP contribution in [0.3, 0.4) is 0 Å². The molecule has 0 radical (unpaired) electrons. The number of benzene rings is 1. The zero-order valence-corrected chi connectivity index (χ0v) is 13.8. The molecule has 0 aliphatic carbocycles. The summed E-state index contributed by atoms with van der Waals surface area (Å²) in [6.45, 7) is 2.84. The molecule has 2 saturated heterocycles. The van der Waals surface area contributed by atoms with Gasteiger partial charge in [0.2, 0.25) is 5.91 Å². The molecule has 6 heteroatoms. The van der Waals surface area contributed by atoms with E-state index in [1.807, 2.05) is 4.90 Å². The van der Waals surface area contributed by atoms with E-state index in [4.69, 9.17) is 5.11 Å². The van der Waals surface area contributed by atoms with Gasteiger partial charge in [-0.05, 0) is 52.0 Å². The molecule has 0 unspecified atom stereocenters. The van der Waals surface area contributed by atoms with Crippen LogP contribution in [-0.4, -0.2) is 66.6 Å². The molecule has 2 aliphatic heterocycles. The number of carbonyl (C=O) groups excluding carboxylic acids is 1. The van der Waals surface area contributed by atoms with E-state index in [9.17, 15) is 9.18 Å². The molecule has 3 rings (SSSR count). The quantitative estimate of drug-likeness (QED) is 0.865. The standard InChI is InChI=1S/C11H21N3O.C6H5FO/c1-13(2)9-5-7-14(8-9)11(15)10-4-3-6-12-10;7-5-2-1-3-6(8)4-5/h9-10,12H,3-8H2,1-2H3;1-4,8H/t9-,10+;/m0./s1. The number of hydrogen-bond acceptors (Lipinski definition) is 4. The molecule has 2 N–H and O–H groups in total. The highest BCUT2D eigenvalue weighted by Gasteiger charge is 2.32. The van der Waals surface area contributed by atoms with Crippen LogP contribution in [-0.2, 0) is 4.79 Å². The molecule has 1 aromatic carbocycles. The van der Waals surface area contributed by atoms with Gasteiger partial charge in [0, 0.05) is 25.2 Å². The van der Waals surface area contributed by atoms with Crippen molar-refractivity contribution in [2.45, 2.75) is 31.3 Å². The Balaban J connectivity index is 0.000000203. The second kappa shape index (κ2) is 8.26. The number of likely N-dealkylation sites (tertiary alicyclic amines) is 1. The van der Waals surface area contributed by atoms with Crippen LogP contribution in [0, 0.1) is 5.82 Å². The molecule has 0 saturated carbocycles. The third kappa shape index (κ3) is 5.18. The van der Waals surface area contributed by atoms with Crippen LogP contribution >= 0.6 is 0 Å². The largest absolute Gasteiger partial charge is 0.508 e. The normalized spacial score (nSPS) is 23.7. The van der Waals surface area contributed by atoms with Gasteiger partial charge in [0.1, 0.15) is 11.6 Å². The van der Waals surface area contributed by atoms with Gasteiger partial charge in [-0.15, -0.1) is 0 Å². The van der Waals surface area contributed by atoms with E-state index < -0.39 is 5.82 Å². The lowest BCUT2D eigenvalue weighted by Crippen LogP contribution is -2.43. The fourth-order valence-electron chi connectivity index (χ4n) is 2.96. The molecule has 2 fully saturated rings. The van der Waals surface area contributed by atoms with Gasteiger partial charge in [-0.2, -0.15) is 0 Å². The van der Waals surface area contributed by atoms with Gasteiger partial charge in [0.15, 0.2) is 0 Å². The van der Waals surface area contributed by atoms with Crippen molar-refractivity contribution < 1.29 is 14.3 Å². The minimum absolute atomic E-state index is 0.0370. The second-order valence-corrected chi connectivity index (χ2v) is 6.32. The van der Waals surface area contributed by atoms with Crippen LogP contribution in [0.1, 0.15) is 19.3 Å². The molecule has 0 spiro atoms. The Hall–Kier alpha value is -1.66. The van der Waals surface area contributed by atoms with Crippen molar-refractivity contribution in [3.63, 3.8) is 0 Å². The van der Waals surface area contributed by atoms with E-state index in [1.165, 1.54) is 18.2 Å². The number of likely N-dealkylation sites (N-methyl/N-ethyl adjacent to an activating group) is 1. The van der Waals surface area contributed by atoms with E-state index in [0.29, 0.717) is 11.9 Å². The first-order valence-electron chi connectivity index (χ1n) is 8.10. The predicted octanol–water partition coefficient (Wildman–Crippen LogP) is 1.43. The molecule has 2 aliphatic rings. The van der Waals surface area contributed by atoms with Gasteiger partial charge in [0.25, 0.3) is 0 Å². The van der Waals surface area contributed by atoms with Crippen LogP contribution in [0.4, 0.5) is 4.39 Å². The maximum Gasteiger partial charge on any atom is 0.239 e. The minimum atomic E-state index is -0.412. The average molecular weight is 323 g/mol. The van der Waals surface area contributed by atoms with Crippen molar-refractivity contribution in [2.24, 2.45) is 0 Å². The summed E-state index contributed by atoms with van der Waals surface area (Å²) < 4.78 is 12.0. The van der Waals surface area contributed by atoms with E-state index in [1.54, 1.807) is 0 Å². The van der Waals surface area contributed by atoms with E-state index in [2.05, 4.69) is 24.3 Å². The zero-order chi connectivity index (χ0) is 16.8. The fraction of sp³-hybridized carbons (Fsp3) is 0.588. The van der Waals surface area contributed by atoms with E-state index in [0.717, 1.165) is 45.0 Å². The number of rotatable bonds is 2. The first-order chi connectivity index (χ1) is 11.0. The third-order valence-electron chi connectivity index (χ3n) is 4.37. The summed E-state index contributed by atoms with van der Waals surface area (Å²) in [6, 6.07) is 5.86. The molecule has 23 heavy (non-hydrogen) atoms. The van der Waals surface area contributed by atoms with Crippen molar-refractivity contribution in [3.05, 3.63) is 30.1 Å².